The molecule has 0 spiro atoms. The first-order valence-corrected chi connectivity index (χ1v) is 4.90. The van der Waals surface area contributed by atoms with Crippen molar-refractivity contribution in [2.45, 2.75) is 12.8 Å². The fraction of sp³-hybridized carbons (Fsp3) is 0.455. The van der Waals surface area contributed by atoms with E-state index < -0.39 is 0 Å². The van der Waals surface area contributed by atoms with E-state index in [1.165, 1.54) is 6.07 Å². The molecule has 0 radical (unpaired) electrons. The maximum Gasteiger partial charge on any atom is 0.146 e. The molecule has 1 aromatic carbocycles. The molecule has 76 valence electrons. The zero-order valence-corrected chi connectivity index (χ0v) is 8.29. The van der Waals surface area contributed by atoms with Gasteiger partial charge in [-0.15, -0.1) is 0 Å². The van der Waals surface area contributed by atoms with Crippen molar-refractivity contribution in [3.05, 3.63) is 24.0 Å². The second-order valence-corrected chi connectivity index (χ2v) is 3.51. The molecular weight excluding hydrogens is 181 g/mol. The van der Waals surface area contributed by atoms with Crippen LogP contribution in [0.25, 0.3) is 0 Å². The summed E-state index contributed by atoms with van der Waals surface area (Å²) in [6, 6.07) is 4.88. The van der Waals surface area contributed by atoms with E-state index in [0.717, 1.165) is 25.9 Å². The van der Waals surface area contributed by atoms with Gasteiger partial charge in [0.2, 0.25) is 0 Å². The monoisotopic (exact) mass is 195 g/mol. The maximum atomic E-state index is 13.5. The number of hydrogen-bond acceptors (Lipinski definition) is 2. The van der Waals surface area contributed by atoms with Crippen molar-refractivity contribution in [3.8, 4) is 5.75 Å². The molecule has 2 nitrogen and oxygen atoms in total. The molecule has 1 heterocycles. The van der Waals surface area contributed by atoms with Crippen LogP contribution < -0.4 is 9.64 Å². The molecule has 0 bridgehead atoms. The Balaban J connectivity index is 2.29. The lowest BCUT2D eigenvalue weighted by Crippen LogP contribution is -2.18. The lowest BCUT2D eigenvalue weighted by molar-refractivity contribution is 0.413. The van der Waals surface area contributed by atoms with Gasteiger partial charge in [0.15, 0.2) is 0 Å². The van der Waals surface area contributed by atoms with Crippen molar-refractivity contribution in [3.63, 3.8) is 0 Å². The average Bonchev–Trinajstić information content (AvgIpc) is 2.71. The van der Waals surface area contributed by atoms with Crippen molar-refractivity contribution < 1.29 is 9.13 Å². The largest absolute Gasteiger partial charge is 0.497 e. The molecule has 0 unspecified atom stereocenters. The predicted octanol–water partition coefficient (Wildman–Crippen LogP) is 2.43. The Hall–Kier alpha value is -1.25. The number of anilines is 1. The number of hydrogen-bond donors (Lipinski definition) is 0. The van der Waals surface area contributed by atoms with Crippen molar-refractivity contribution >= 4 is 5.69 Å². The van der Waals surface area contributed by atoms with Crippen molar-refractivity contribution in [2.75, 3.05) is 25.1 Å². The molecule has 0 atom stereocenters. The Morgan fingerprint density at radius 2 is 2.00 bits per heavy atom. The van der Waals surface area contributed by atoms with E-state index in [0.29, 0.717) is 11.4 Å². The number of methoxy groups -OCH3 is 1. The molecule has 0 aromatic heterocycles. The van der Waals surface area contributed by atoms with E-state index in [9.17, 15) is 4.39 Å². The maximum absolute atomic E-state index is 13.5. The third kappa shape index (κ3) is 1.67. The van der Waals surface area contributed by atoms with Crippen LogP contribution in [0.3, 0.4) is 0 Å². The number of halogens is 1. The van der Waals surface area contributed by atoms with Gasteiger partial charge in [0.05, 0.1) is 12.8 Å². The number of benzene rings is 1. The van der Waals surface area contributed by atoms with Gasteiger partial charge in [0.1, 0.15) is 11.6 Å². The molecule has 1 aliphatic heterocycles. The summed E-state index contributed by atoms with van der Waals surface area (Å²) in [7, 11) is 1.60. The number of rotatable bonds is 2. The highest BCUT2D eigenvalue weighted by Crippen LogP contribution is 2.27. The molecule has 1 fully saturated rings. The van der Waals surface area contributed by atoms with E-state index in [2.05, 4.69) is 4.90 Å². The molecule has 0 N–H and O–H groups in total. The summed E-state index contributed by atoms with van der Waals surface area (Å²) in [4.78, 5) is 2.07. The summed E-state index contributed by atoms with van der Waals surface area (Å²) in [6.45, 7) is 1.90. The molecule has 2 rings (SSSR count). The van der Waals surface area contributed by atoms with E-state index in [1.54, 1.807) is 19.2 Å². The summed E-state index contributed by atoms with van der Waals surface area (Å²) in [6.07, 6.45) is 2.30. The summed E-state index contributed by atoms with van der Waals surface area (Å²) < 4.78 is 18.5. The standard InChI is InChI=1S/C11H14FNO/c1-14-9-4-5-10(12)11(8-9)13-6-2-3-7-13/h4-5,8H,2-3,6-7H2,1H3. The van der Waals surface area contributed by atoms with Gasteiger partial charge in [-0.1, -0.05) is 0 Å². The fourth-order valence-electron chi connectivity index (χ4n) is 1.82. The molecule has 3 heteroatoms. The Kier molecular flexibility index (Phi) is 2.57. The average molecular weight is 195 g/mol. The van der Waals surface area contributed by atoms with Gasteiger partial charge in [-0.25, -0.2) is 4.39 Å². The first-order valence-electron chi connectivity index (χ1n) is 4.90. The third-order valence-corrected chi connectivity index (χ3v) is 2.60. The molecule has 1 aromatic rings. The Labute approximate surface area is 83.3 Å². The van der Waals surface area contributed by atoms with Gasteiger partial charge < -0.3 is 9.64 Å². The molecule has 0 amide bonds. The summed E-state index contributed by atoms with van der Waals surface area (Å²) in [5.74, 6) is 0.556. The summed E-state index contributed by atoms with van der Waals surface area (Å²) in [5, 5.41) is 0. The highest BCUT2D eigenvalue weighted by molar-refractivity contribution is 5.52. The topological polar surface area (TPSA) is 12.5 Å². The van der Waals surface area contributed by atoms with Crippen LogP contribution in [0.4, 0.5) is 10.1 Å². The summed E-state index contributed by atoms with van der Waals surface area (Å²) in [5.41, 5.74) is 0.668. The highest BCUT2D eigenvalue weighted by Gasteiger charge is 2.16. The lowest BCUT2D eigenvalue weighted by atomic mass is 10.2. The number of ether oxygens (including phenoxy) is 1. The smallest absolute Gasteiger partial charge is 0.146 e. The zero-order valence-electron chi connectivity index (χ0n) is 8.29. The van der Waals surface area contributed by atoms with Crippen molar-refractivity contribution in [1.29, 1.82) is 0 Å². The third-order valence-electron chi connectivity index (χ3n) is 2.60. The SMILES string of the molecule is COc1ccc(F)c(N2CCCC2)c1. The molecule has 1 saturated heterocycles. The number of nitrogens with zero attached hydrogens (tertiary/aromatic N) is 1. The van der Waals surface area contributed by atoms with Crippen LogP contribution in [0.5, 0.6) is 5.75 Å². The van der Waals surface area contributed by atoms with Gasteiger partial charge in [0.25, 0.3) is 0 Å². The molecule has 0 aliphatic carbocycles. The Morgan fingerprint density at radius 1 is 1.29 bits per heavy atom. The predicted molar refractivity (Wildman–Crippen MR) is 54.4 cm³/mol. The molecule has 0 saturated carbocycles. The van der Waals surface area contributed by atoms with E-state index >= 15 is 0 Å². The van der Waals surface area contributed by atoms with Crippen molar-refractivity contribution in [2.24, 2.45) is 0 Å². The zero-order chi connectivity index (χ0) is 9.97. The normalized spacial score (nSPS) is 16.0. The minimum atomic E-state index is -0.160. The van der Waals surface area contributed by atoms with Gasteiger partial charge >= 0.3 is 0 Å². The molecule has 1 aliphatic rings. The van der Waals surface area contributed by atoms with Crippen LogP contribution in [-0.4, -0.2) is 20.2 Å². The Morgan fingerprint density at radius 3 is 2.64 bits per heavy atom. The van der Waals surface area contributed by atoms with Gasteiger partial charge in [-0.2, -0.15) is 0 Å². The van der Waals surface area contributed by atoms with E-state index in [-0.39, 0.29) is 5.82 Å². The first-order chi connectivity index (χ1) is 6.81. The van der Waals surface area contributed by atoms with Crippen LogP contribution in [0.2, 0.25) is 0 Å². The summed E-state index contributed by atoms with van der Waals surface area (Å²) >= 11 is 0. The van der Waals surface area contributed by atoms with Crippen molar-refractivity contribution in [1.82, 2.24) is 0 Å². The van der Waals surface area contributed by atoms with Gasteiger partial charge in [-0.05, 0) is 25.0 Å². The lowest BCUT2D eigenvalue weighted by Gasteiger charge is -2.18. The van der Waals surface area contributed by atoms with Crippen LogP contribution in [0.15, 0.2) is 18.2 Å². The van der Waals surface area contributed by atoms with E-state index in [4.69, 9.17) is 4.74 Å². The fourth-order valence-corrected chi connectivity index (χ4v) is 1.82. The molecule has 14 heavy (non-hydrogen) atoms. The highest BCUT2D eigenvalue weighted by atomic mass is 19.1. The van der Waals surface area contributed by atoms with Crippen LogP contribution in [-0.2, 0) is 0 Å². The second-order valence-electron chi connectivity index (χ2n) is 3.51. The second kappa shape index (κ2) is 3.86. The van der Waals surface area contributed by atoms with Crippen LogP contribution in [0.1, 0.15) is 12.8 Å². The van der Waals surface area contributed by atoms with Gasteiger partial charge in [-0.3, -0.25) is 0 Å². The van der Waals surface area contributed by atoms with Crippen LogP contribution >= 0.6 is 0 Å². The minimum Gasteiger partial charge on any atom is -0.497 e. The molecular formula is C11H14FNO. The van der Waals surface area contributed by atoms with Crippen LogP contribution in [0, 0.1) is 5.82 Å². The minimum absolute atomic E-state index is 0.160. The first kappa shape index (κ1) is 9.31. The Bertz CT molecular complexity index is 321. The van der Waals surface area contributed by atoms with E-state index in [1.807, 2.05) is 0 Å². The van der Waals surface area contributed by atoms with Gasteiger partial charge in [0, 0.05) is 19.2 Å². The quantitative estimate of drug-likeness (QED) is 0.718.